The molecule has 1 aromatic heterocycles. The molecule has 0 aliphatic carbocycles. The highest BCUT2D eigenvalue weighted by Crippen LogP contribution is 2.22. The number of hydrogen-bond acceptors (Lipinski definition) is 5. The van der Waals surface area contributed by atoms with Gasteiger partial charge in [-0.2, -0.15) is 0 Å². The molecule has 1 atom stereocenters. The minimum atomic E-state index is -0.393. The van der Waals surface area contributed by atoms with Gasteiger partial charge in [-0.05, 0) is 13.3 Å². The molecule has 0 saturated heterocycles. The molecule has 1 aromatic rings. The van der Waals surface area contributed by atoms with Gasteiger partial charge >= 0.3 is 0 Å². The zero-order valence-electron chi connectivity index (χ0n) is 10.1. The number of aliphatic hydroxyl groups excluding tert-OH is 1. The van der Waals surface area contributed by atoms with Crippen LogP contribution in [0.1, 0.15) is 25.8 Å². The van der Waals surface area contributed by atoms with Crippen molar-refractivity contribution in [3.8, 4) is 0 Å². The molecule has 1 heterocycles. The smallest absolute Gasteiger partial charge is 0.137 e. The molecule has 0 radical (unpaired) electrons. The Morgan fingerprint density at radius 3 is 2.75 bits per heavy atom. The first-order chi connectivity index (χ1) is 7.56. The first-order valence-electron chi connectivity index (χ1n) is 5.54. The van der Waals surface area contributed by atoms with E-state index in [0.717, 1.165) is 24.2 Å². The monoisotopic (exact) mass is 224 g/mol. The lowest BCUT2D eigenvalue weighted by Gasteiger charge is -2.22. The zero-order valence-corrected chi connectivity index (χ0v) is 10.1. The van der Waals surface area contributed by atoms with Gasteiger partial charge < -0.3 is 15.7 Å². The maximum atomic E-state index is 9.36. The second-order valence-electron chi connectivity index (χ2n) is 4.04. The number of anilines is 2. The van der Waals surface area contributed by atoms with Crippen molar-refractivity contribution < 1.29 is 5.11 Å². The van der Waals surface area contributed by atoms with Crippen LogP contribution in [0.5, 0.6) is 0 Å². The molecular weight excluding hydrogens is 204 g/mol. The molecule has 0 bridgehead atoms. The van der Waals surface area contributed by atoms with E-state index in [9.17, 15) is 5.11 Å². The van der Waals surface area contributed by atoms with Crippen LogP contribution in [0.15, 0.2) is 6.33 Å². The average Bonchev–Trinajstić information content (AvgIpc) is 2.20. The van der Waals surface area contributed by atoms with Gasteiger partial charge in [0.25, 0.3) is 0 Å². The van der Waals surface area contributed by atoms with Gasteiger partial charge in [0, 0.05) is 19.2 Å². The highest BCUT2D eigenvalue weighted by molar-refractivity contribution is 5.56. The van der Waals surface area contributed by atoms with E-state index in [2.05, 4.69) is 16.9 Å². The van der Waals surface area contributed by atoms with Gasteiger partial charge in [0.05, 0.1) is 6.10 Å². The van der Waals surface area contributed by atoms with E-state index >= 15 is 0 Å². The molecule has 0 fully saturated rings. The number of rotatable bonds is 5. The first kappa shape index (κ1) is 12.7. The third-order valence-electron chi connectivity index (χ3n) is 2.36. The summed E-state index contributed by atoms with van der Waals surface area (Å²) in [6, 6.07) is 0. The van der Waals surface area contributed by atoms with E-state index in [1.807, 2.05) is 11.9 Å². The molecule has 16 heavy (non-hydrogen) atoms. The van der Waals surface area contributed by atoms with Crippen LogP contribution in [0.4, 0.5) is 11.6 Å². The van der Waals surface area contributed by atoms with E-state index in [-0.39, 0.29) is 0 Å². The lowest BCUT2D eigenvalue weighted by Crippen LogP contribution is -2.29. The molecule has 1 unspecified atom stereocenters. The number of nitrogens with two attached hydrogens (primary N) is 1. The summed E-state index contributed by atoms with van der Waals surface area (Å²) < 4.78 is 0. The van der Waals surface area contributed by atoms with E-state index in [1.54, 1.807) is 6.92 Å². The SMILES string of the molecule is CCCc1c(N)ncnc1N(C)CC(C)O. The fraction of sp³-hybridized carbons (Fsp3) is 0.636. The Kier molecular flexibility index (Phi) is 4.49. The van der Waals surface area contributed by atoms with Gasteiger partial charge in [-0.3, -0.25) is 0 Å². The predicted octanol–water partition coefficient (Wildman–Crippen LogP) is 0.828. The fourth-order valence-electron chi connectivity index (χ4n) is 1.72. The van der Waals surface area contributed by atoms with Crippen molar-refractivity contribution in [2.45, 2.75) is 32.8 Å². The van der Waals surface area contributed by atoms with Crippen LogP contribution < -0.4 is 10.6 Å². The van der Waals surface area contributed by atoms with Crippen molar-refractivity contribution in [1.82, 2.24) is 9.97 Å². The summed E-state index contributed by atoms with van der Waals surface area (Å²) in [6.45, 7) is 4.37. The van der Waals surface area contributed by atoms with Crippen LogP contribution in [-0.4, -0.2) is 34.8 Å². The maximum absolute atomic E-state index is 9.36. The van der Waals surface area contributed by atoms with Crippen molar-refractivity contribution in [2.24, 2.45) is 0 Å². The highest BCUT2D eigenvalue weighted by atomic mass is 16.3. The molecule has 0 saturated carbocycles. The number of hydrogen-bond donors (Lipinski definition) is 2. The number of likely N-dealkylation sites (N-methyl/N-ethyl adjacent to an activating group) is 1. The van der Waals surface area contributed by atoms with Crippen LogP contribution >= 0.6 is 0 Å². The van der Waals surface area contributed by atoms with Gasteiger partial charge in [0.15, 0.2) is 0 Å². The molecule has 1 rings (SSSR count). The zero-order chi connectivity index (χ0) is 12.1. The van der Waals surface area contributed by atoms with Crippen LogP contribution in [0.2, 0.25) is 0 Å². The Morgan fingerprint density at radius 1 is 1.50 bits per heavy atom. The normalized spacial score (nSPS) is 12.5. The summed E-state index contributed by atoms with van der Waals surface area (Å²) in [5.74, 6) is 1.35. The summed E-state index contributed by atoms with van der Waals surface area (Å²) in [4.78, 5) is 10.1. The standard InChI is InChI=1S/C11H20N4O/c1-4-5-9-10(12)13-7-14-11(9)15(3)6-8(2)16/h7-8,16H,4-6H2,1-3H3,(H2,12,13,14). The fourth-order valence-corrected chi connectivity index (χ4v) is 1.72. The predicted molar refractivity (Wildman–Crippen MR) is 65.4 cm³/mol. The van der Waals surface area contributed by atoms with E-state index < -0.39 is 6.10 Å². The number of aliphatic hydroxyl groups is 1. The lowest BCUT2D eigenvalue weighted by atomic mass is 10.1. The molecule has 0 spiro atoms. The number of nitrogens with zero attached hydrogens (tertiary/aromatic N) is 3. The molecule has 0 aliphatic heterocycles. The maximum Gasteiger partial charge on any atom is 0.137 e. The molecule has 90 valence electrons. The van der Waals surface area contributed by atoms with Gasteiger partial charge in [-0.25, -0.2) is 9.97 Å². The summed E-state index contributed by atoms with van der Waals surface area (Å²) in [5, 5.41) is 9.36. The highest BCUT2D eigenvalue weighted by Gasteiger charge is 2.13. The Bertz CT molecular complexity index is 341. The van der Waals surface area contributed by atoms with Crippen molar-refractivity contribution in [3.63, 3.8) is 0 Å². The van der Waals surface area contributed by atoms with Crippen LogP contribution in [0, 0.1) is 0 Å². The summed E-state index contributed by atoms with van der Waals surface area (Å²) in [6.07, 6.45) is 2.91. The Balaban J connectivity index is 2.97. The number of aromatic nitrogens is 2. The molecular formula is C11H20N4O. The number of nitrogen functional groups attached to an aromatic ring is 1. The van der Waals surface area contributed by atoms with Crippen LogP contribution in [0.3, 0.4) is 0 Å². The third kappa shape index (κ3) is 3.06. The minimum Gasteiger partial charge on any atom is -0.392 e. The van der Waals surface area contributed by atoms with Crippen LogP contribution in [0.25, 0.3) is 0 Å². The first-order valence-corrected chi connectivity index (χ1v) is 5.54. The largest absolute Gasteiger partial charge is 0.392 e. The molecule has 0 amide bonds. The van der Waals surface area contributed by atoms with Crippen LogP contribution in [-0.2, 0) is 6.42 Å². The average molecular weight is 224 g/mol. The molecule has 0 aromatic carbocycles. The van der Waals surface area contributed by atoms with Crippen molar-refractivity contribution in [3.05, 3.63) is 11.9 Å². The molecule has 5 heteroatoms. The Hall–Kier alpha value is -1.36. The topological polar surface area (TPSA) is 75.3 Å². The summed E-state index contributed by atoms with van der Waals surface area (Å²) >= 11 is 0. The van der Waals surface area contributed by atoms with Crippen molar-refractivity contribution >= 4 is 11.6 Å². The Labute approximate surface area is 96.3 Å². The van der Waals surface area contributed by atoms with E-state index in [4.69, 9.17) is 5.73 Å². The third-order valence-corrected chi connectivity index (χ3v) is 2.36. The second kappa shape index (κ2) is 5.65. The van der Waals surface area contributed by atoms with E-state index in [0.29, 0.717) is 12.4 Å². The Morgan fingerprint density at radius 2 is 2.19 bits per heavy atom. The lowest BCUT2D eigenvalue weighted by molar-refractivity contribution is 0.201. The molecule has 0 aliphatic rings. The molecule has 5 nitrogen and oxygen atoms in total. The van der Waals surface area contributed by atoms with Gasteiger partial charge in [-0.15, -0.1) is 0 Å². The van der Waals surface area contributed by atoms with Crippen molar-refractivity contribution in [1.29, 1.82) is 0 Å². The summed E-state index contributed by atoms with van der Waals surface area (Å²) in [5.41, 5.74) is 6.80. The summed E-state index contributed by atoms with van der Waals surface area (Å²) in [7, 11) is 1.90. The van der Waals surface area contributed by atoms with E-state index in [1.165, 1.54) is 6.33 Å². The molecule has 3 N–H and O–H groups in total. The minimum absolute atomic E-state index is 0.393. The van der Waals surface area contributed by atoms with Gasteiger partial charge in [0.2, 0.25) is 0 Å². The van der Waals surface area contributed by atoms with Crippen molar-refractivity contribution in [2.75, 3.05) is 24.2 Å². The van der Waals surface area contributed by atoms with Gasteiger partial charge in [0.1, 0.15) is 18.0 Å². The van der Waals surface area contributed by atoms with Gasteiger partial charge in [-0.1, -0.05) is 13.3 Å². The second-order valence-corrected chi connectivity index (χ2v) is 4.04. The quantitative estimate of drug-likeness (QED) is 0.774.